The normalized spacial score (nSPS) is 10.6. The van der Waals surface area contributed by atoms with Crippen LogP contribution in [-0.2, 0) is 0 Å². The van der Waals surface area contributed by atoms with E-state index in [1.165, 1.54) is 20.4 Å². The Hall–Kier alpha value is -3.09. The van der Waals surface area contributed by atoms with E-state index in [-0.39, 0.29) is 11.6 Å². The quantitative estimate of drug-likeness (QED) is 0.796. The third kappa shape index (κ3) is 2.80. The number of fused-ring (bicyclic) bond motifs is 1. The highest BCUT2D eigenvalue weighted by Crippen LogP contribution is 2.36. The molecule has 1 aromatic carbocycles. The highest BCUT2D eigenvalue weighted by Gasteiger charge is 2.13. The highest BCUT2D eigenvalue weighted by atomic mass is 19.1. The maximum absolute atomic E-state index is 13.9. The third-order valence-corrected chi connectivity index (χ3v) is 3.24. The van der Waals surface area contributed by atoms with Crippen molar-refractivity contribution in [2.75, 3.05) is 20.0 Å². The minimum atomic E-state index is -0.643. The van der Waals surface area contributed by atoms with Crippen molar-refractivity contribution in [2.45, 2.75) is 0 Å². The molecule has 0 saturated heterocycles. The fourth-order valence-corrected chi connectivity index (χ4v) is 2.16. The number of ether oxygens (including phenoxy) is 3. The molecule has 3 aromatic rings. The largest absolute Gasteiger partial charge is 0.493 e. The summed E-state index contributed by atoms with van der Waals surface area (Å²) >= 11 is 0. The van der Waals surface area contributed by atoms with Crippen molar-refractivity contribution in [1.82, 2.24) is 9.97 Å². The lowest BCUT2D eigenvalue weighted by atomic mass is 10.2. The first-order valence-corrected chi connectivity index (χ1v) is 6.72. The molecule has 2 aromatic heterocycles. The van der Waals surface area contributed by atoms with Crippen LogP contribution >= 0.6 is 0 Å². The zero-order chi connectivity index (χ0) is 16.4. The lowest BCUT2D eigenvalue weighted by molar-refractivity contribution is 0.355. The molecule has 2 N–H and O–H groups in total. The Kier molecular flexibility index (Phi) is 3.84. The molecule has 118 valence electrons. The summed E-state index contributed by atoms with van der Waals surface area (Å²) < 4.78 is 30.0. The van der Waals surface area contributed by atoms with Crippen LogP contribution in [-0.4, -0.2) is 24.2 Å². The Morgan fingerprint density at radius 1 is 1.00 bits per heavy atom. The monoisotopic (exact) mass is 315 g/mol. The van der Waals surface area contributed by atoms with E-state index >= 15 is 0 Å². The molecule has 0 unspecified atom stereocenters. The molecule has 0 atom stereocenters. The molecular weight excluding hydrogens is 301 g/mol. The van der Waals surface area contributed by atoms with Crippen LogP contribution in [0.1, 0.15) is 0 Å². The van der Waals surface area contributed by atoms with Crippen molar-refractivity contribution in [3.05, 3.63) is 42.5 Å². The molecule has 2 heterocycles. The molecular formula is C16H14FN3O3. The van der Waals surface area contributed by atoms with Crippen LogP contribution < -0.4 is 19.9 Å². The van der Waals surface area contributed by atoms with Crippen molar-refractivity contribution in [1.29, 1.82) is 0 Å². The van der Waals surface area contributed by atoms with Gasteiger partial charge in [-0.25, -0.2) is 9.37 Å². The molecule has 0 radical (unpaired) electrons. The number of hydrogen-bond acceptors (Lipinski definition) is 6. The summed E-state index contributed by atoms with van der Waals surface area (Å²) in [7, 11) is 3.07. The van der Waals surface area contributed by atoms with E-state index in [9.17, 15) is 4.39 Å². The van der Waals surface area contributed by atoms with Gasteiger partial charge in [0.05, 0.1) is 31.6 Å². The Morgan fingerprint density at radius 2 is 1.74 bits per heavy atom. The summed E-state index contributed by atoms with van der Waals surface area (Å²) in [4.78, 5) is 8.11. The molecule has 0 aliphatic carbocycles. The smallest absolute Gasteiger partial charge is 0.256 e. The van der Waals surface area contributed by atoms with Crippen molar-refractivity contribution in [2.24, 2.45) is 0 Å². The van der Waals surface area contributed by atoms with E-state index in [1.54, 1.807) is 24.4 Å². The minimum Gasteiger partial charge on any atom is -0.493 e. The maximum Gasteiger partial charge on any atom is 0.256 e. The first kappa shape index (κ1) is 14.8. The number of nitrogens with two attached hydrogens (primary N) is 1. The second-order valence-electron chi connectivity index (χ2n) is 4.69. The van der Waals surface area contributed by atoms with Gasteiger partial charge in [-0.15, -0.1) is 0 Å². The SMILES string of the molecule is COc1cc2nccc(Oc3ncc(N)cc3F)c2cc1OC. The predicted octanol–water partition coefficient (Wildman–Crippen LogP) is 3.16. The van der Waals surface area contributed by atoms with E-state index in [4.69, 9.17) is 19.9 Å². The number of rotatable bonds is 4. The molecule has 0 fully saturated rings. The first-order valence-electron chi connectivity index (χ1n) is 6.72. The Bertz CT molecular complexity index is 871. The van der Waals surface area contributed by atoms with Gasteiger partial charge in [-0.05, 0) is 12.1 Å². The van der Waals surface area contributed by atoms with Crippen LogP contribution in [0.25, 0.3) is 10.9 Å². The van der Waals surface area contributed by atoms with Crippen LogP contribution in [0.2, 0.25) is 0 Å². The van der Waals surface area contributed by atoms with Gasteiger partial charge in [0.1, 0.15) is 5.75 Å². The Morgan fingerprint density at radius 3 is 2.43 bits per heavy atom. The number of pyridine rings is 2. The number of nitrogens with zero attached hydrogens (tertiary/aromatic N) is 2. The fraction of sp³-hybridized carbons (Fsp3) is 0.125. The van der Waals surface area contributed by atoms with Gasteiger partial charge < -0.3 is 19.9 Å². The maximum atomic E-state index is 13.9. The van der Waals surface area contributed by atoms with Crippen molar-refractivity contribution >= 4 is 16.6 Å². The predicted molar refractivity (Wildman–Crippen MR) is 83.5 cm³/mol. The molecule has 3 rings (SSSR count). The Labute approximate surface area is 131 Å². The number of benzene rings is 1. The lowest BCUT2D eigenvalue weighted by Crippen LogP contribution is -1.97. The molecule has 23 heavy (non-hydrogen) atoms. The van der Waals surface area contributed by atoms with Gasteiger partial charge in [0.25, 0.3) is 5.88 Å². The molecule has 0 bridgehead atoms. The molecule has 0 aliphatic rings. The van der Waals surface area contributed by atoms with Crippen molar-refractivity contribution < 1.29 is 18.6 Å². The summed E-state index contributed by atoms with van der Waals surface area (Å²) in [6.45, 7) is 0. The molecule has 0 saturated carbocycles. The van der Waals surface area contributed by atoms with Gasteiger partial charge in [-0.1, -0.05) is 0 Å². The summed E-state index contributed by atoms with van der Waals surface area (Å²) in [5.41, 5.74) is 6.33. The molecule has 0 aliphatic heterocycles. The number of nitrogen functional groups attached to an aromatic ring is 1. The van der Waals surface area contributed by atoms with E-state index < -0.39 is 5.82 Å². The van der Waals surface area contributed by atoms with E-state index in [2.05, 4.69) is 9.97 Å². The molecule has 0 spiro atoms. The average Bonchev–Trinajstić information content (AvgIpc) is 2.56. The van der Waals surface area contributed by atoms with Gasteiger partial charge in [0, 0.05) is 23.7 Å². The van der Waals surface area contributed by atoms with Crippen LogP contribution in [0, 0.1) is 5.82 Å². The number of anilines is 1. The number of aromatic nitrogens is 2. The van der Waals surface area contributed by atoms with Gasteiger partial charge in [0.15, 0.2) is 17.3 Å². The van der Waals surface area contributed by atoms with Crippen LogP contribution in [0.5, 0.6) is 23.1 Å². The highest BCUT2D eigenvalue weighted by molar-refractivity contribution is 5.88. The van der Waals surface area contributed by atoms with E-state index in [0.29, 0.717) is 28.2 Å². The minimum absolute atomic E-state index is 0.165. The van der Waals surface area contributed by atoms with E-state index in [0.717, 1.165) is 6.07 Å². The number of methoxy groups -OCH3 is 2. The number of halogens is 1. The van der Waals surface area contributed by atoms with Crippen molar-refractivity contribution in [3.63, 3.8) is 0 Å². The zero-order valence-electron chi connectivity index (χ0n) is 12.5. The summed E-state index contributed by atoms with van der Waals surface area (Å²) in [5.74, 6) is 0.647. The molecule has 6 nitrogen and oxygen atoms in total. The zero-order valence-corrected chi connectivity index (χ0v) is 12.5. The first-order chi connectivity index (χ1) is 11.1. The number of hydrogen-bond donors (Lipinski definition) is 1. The standard InChI is InChI=1S/C16H14FN3O3/c1-21-14-6-10-12(7-15(14)22-2)19-4-3-13(10)23-16-11(17)5-9(18)8-20-16/h3-8H,18H2,1-2H3. The Balaban J connectivity index is 2.10. The van der Waals surface area contributed by atoms with Gasteiger partial charge in [-0.2, -0.15) is 0 Å². The lowest BCUT2D eigenvalue weighted by Gasteiger charge is -2.12. The van der Waals surface area contributed by atoms with E-state index in [1.807, 2.05) is 0 Å². The summed E-state index contributed by atoms with van der Waals surface area (Å²) in [6.07, 6.45) is 2.88. The molecule has 0 amide bonds. The van der Waals surface area contributed by atoms with Crippen LogP contribution in [0.4, 0.5) is 10.1 Å². The fourth-order valence-electron chi connectivity index (χ4n) is 2.16. The second kappa shape index (κ2) is 5.96. The summed E-state index contributed by atoms with van der Waals surface area (Å²) in [5, 5.41) is 0.642. The van der Waals surface area contributed by atoms with Gasteiger partial charge >= 0.3 is 0 Å². The van der Waals surface area contributed by atoms with Gasteiger partial charge in [0.2, 0.25) is 0 Å². The third-order valence-electron chi connectivity index (χ3n) is 3.24. The van der Waals surface area contributed by atoms with Crippen molar-refractivity contribution in [3.8, 4) is 23.1 Å². The van der Waals surface area contributed by atoms with Gasteiger partial charge in [-0.3, -0.25) is 4.98 Å². The average molecular weight is 315 g/mol. The van der Waals surface area contributed by atoms with Crippen LogP contribution in [0.15, 0.2) is 36.7 Å². The molecule has 7 heteroatoms. The summed E-state index contributed by atoms with van der Waals surface area (Å²) in [6, 6.07) is 6.19. The second-order valence-corrected chi connectivity index (χ2v) is 4.69. The topological polar surface area (TPSA) is 79.5 Å². The van der Waals surface area contributed by atoms with Crippen LogP contribution in [0.3, 0.4) is 0 Å².